The minimum absolute atomic E-state index is 0.160. The minimum Gasteiger partial charge on any atom is -0.494 e. The van der Waals surface area contributed by atoms with Crippen LogP contribution in [0.15, 0.2) is 53.5 Å². The molecule has 6 heteroatoms. The van der Waals surface area contributed by atoms with Crippen LogP contribution in [0.1, 0.15) is 6.92 Å². The minimum atomic E-state index is -0.160. The van der Waals surface area contributed by atoms with Crippen LogP contribution in [-0.4, -0.2) is 21.4 Å². The first-order valence-corrected chi connectivity index (χ1v) is 8.09. The van der Waals surface area contributed by atoms with Crippen LogP contribution in [0.2, 0.25) is 0 Å². The largest absolute Gasteiger partial charge is 0.494 e. The number of benzene rings is 2. The summed E-state index contributed by atoms with van der Waals surface area (Å²) in [5, 5.41) is 6.27. The zero-order chi connectivity index (χ0) is 15.8. The molecule has 0 spiro atoms. The lowest BCUT2D eigenvalue weighted by Gasteiger charge is -2.01. The zero-order valence-electron chi connectivity index (χ0n) is 12.4. The molecule has 2 heterocycles. The van der Waals surface area contributed by atoms with Crippen molar-refractivity contribution < 1.29 is 4.74 Å². The van der Waals surface area contributed by atoms with Crippen LogP contribution in [0, 0.1) is 0 Å². The topological polar surface area (TPSA) is 57.0 Å². The average molecular weight is 323 g/mol. The third-order valence-corrected chi connectivity index (χ3v) is 4.53. The Morgan fingerprint density at radius 2 is 2.09 bits per heavy atom. The second-order valence-electron chi connectivity index (χ2n) is 5.01. The predicted octanol–water partition coefficient (Wildman–Crippen LogP) is 3.39. The van der Waals surface area contributed by atoms with Gasteiger partial charge in [0.2, 0.25) is 5.13 Å². The van der Waals surface area contributed by atoms with E-state index in [1.165, 1.54) is 16.0 Å². The number of aromatic nitrogens is 3. The lowest BCUT2D eigenvalue weighted by molar-refractivity contribution is 0.341. The molecule has 0 N–H and O–H groups in total. The third-order valence-electron chi connectivity index (χ3n) is 3.54. The van der Waals surface area contributed by atoms with Gasteiger partial charge in [-0.1, -0.05) is 29.5 Å². The van der Waals surface area contributed by atoms with E-state index < -0.39 is 0 Å². The summed E-state index contributed by atoms with van der Waals surface area (Å²) in [5.74, 6) is 0.800. The van der Waals surface area contributed by atoms with Crippen LogP contribution >= 0.6 is 11.3 Å². The number of nitrogens with zero attached hydrogens (tertiary/aromatic N) is 3. The van der Waals surface area contributed by atoms with Crippen molar-refractivity contribution in [3.8, 4) is 10.9 Å². The summed E-state index contributed by atoms with van der Waals surface area (Å²) in [6.45, 7) is 2.56. The maximum Gasteiger partial charge on any atom is 0.281 e. The maximum atomic E-state index is 12.6. The van der Waals surface area contributed by atoms with E-state index in [0.717, 1.165) is 21.4 Å². The van der Waals surface area contributed by atoms with Gasteiger partial charge in [-0.15, -0.1) is 0 Å². The second-order valence-corrected chi connectivity index (χ2v) is 6.02. The lowest BCUT2D eigenvalue weighted by atomic mass is 10.2. The number of rotatable bonds is 3. The summed E-state index contributed by atoms with van der Waals surface area (Å²) < 4.78 is 7.83. The van der Waals surface area contributed by atoms with Gasteiger partial charge >= 0.3 is 0 Å². The van der Waals surface area contributed by atoms with E-state index >= 15 is 0 Å². The van der Waals surface area contributed by atoms with E-state index in [2.05, 4.69) is 10.1 Å². The molecule has 0 aliphatic carbocycles. The van der Waals surface area contributed by atoms with E-state index in [1.807, 2.05) is 43.3 Å². The van der Waals surface area contributed by atoms with Crippen LogP contribution in [0.5, 0.6) is 5.75 Å². The second kappa shape index (κ2) is 5.48. The molecule has 0 radical (unpaired) electrons. The molecule has 0 atom stereocenters. The molecule has 0 fully saturated rings. The van der Waals surface area contributed by atoms with Gasteiger partial charge in [-0.25, -0.2) is 4.98 Å². The molecule has 0 aliphatic rings. The molecule has 0 saturated carbocycles. The van der Waals surface area contributed by atoms with Crippen molar-refractivity contribution in [2.75, 3.05) is 6.61 Å². The lowest BCUT2D eigenvalue weighted by Crippen LogP contribution is -2.20. The van der Waals surface area contributed by atoms with Gasteiger partial charge in [0.25, 0.3) is 5.56 Å². The van der Waals surface area contributed by atoms with Crippen LogP contribution < -0.4 is 10.3 Å². The highest BCUT2D eigenvalue weighted by molar-refractivity contribution is 7.20. The highest BCUT2D eigenvalue weighted by atomic mass is 32.1. The molecule has 4 aromatic rings. The smallest absolute Gasteiger partial charge is 0.281 e. The first-order valence-electron chi connectivity index (χ1n) is 7.27. The van der Waals surface area contributed by atoms with Crippen molar-refractivity contribution in [1.82, 2.24) is 14.8 Å². The van der Waals surface area contributed by atoms with E-state index in [9.17, 15) is 4.79 Å². The highest BCUT2D eigenvalue weighted by Crippen LogP contribution is 2.27. The average Bonchev–Trinajstić information content (AvgIpc) is 2.99. The number of fused-ring (bicyclic) bond motifs is 2. The Morgan fingerprint density at radius 1 is 1.22 bits per heavy atom. The fraction of sp³-hybridized carbons (Fsp3) is 0.118. The molecule has 0 unspecified atom stereocenters. The maximum absolute atomic E-state index is 12.6. The summed E-state index contributed by atoms with van der Waals surface area (Å²) in [7, 11) is 0. The van der Waals surface area contributed by atoms with Gasteiger partial charge in [-0.3, -0.25) is 4.79 Å². The molecular weight excluding hydrogens is 310 g/mol. The normalized spacial score (nSPS) is 11.2. The van der Waals surface area contributed by atoms with Crippen molar-refractivity contribution >= 4 is 32.3 Å². The van der Waals surface area contributed by atoms with Crippen molar-refractivity contribution in [3.63, 3.8) is 0 Å². The Kier molecular flexibility index (Phi) is 3.31. The molecule has 114 valence electrons. The SMILES string of the molecule is CCOc1ccc2nc(-n3ncc4ccccc4c3=O)sc2c1. The van der Waals surface area contributed by atoms with Gasteiger partial charge in [0, 0.05) is 5.39 Å². The van der Waals surface area contributed by atoms with Crippen LogP contribution in [-0.2, 0) is 0 Å². The Morgan fingerprint density at radius 3 is 2.96 bits per heavy atom. The number of hydrogen-bond donors (Lipinski definition) is 0. The number of ether oxygens (including phenoxy) is 1. The number of thiazole rings is 1. The molecule has 23 heavy (non-hydrogen) atoms. The van der Waals surface area contributed by atoms with Crippen molar-refractivity contribution in [3.05, 3.63) is 59.0 Å². The summed E-state index contributed by atoms with van der Waals surface area (Å²) in [6.07, 6.45) is 1.69. The molecule has 0 amide bonds. The molecule has 0 bridgehead atoms. The fourth-order valence-electron chi connectivity index (χ4n) is 2.47. The quantitative estimate of drug-likeness (QED) is 0.580. The molecule has 0 aliphatic heterocycles. The monoisotopic (exact) mass is 323 g/mol. The Hall–Kier alpha value is -2.73. The molecule has 5 nitrogen and oxygen atoms in total. The molecule has 2 aromatic carbocycles. The van der Waals surface area contributed by atoms with Crippen LogP contribution in [0.4, 0.5) is 0 Å². The van der Waals surface area contributed by atoms with Gasteiger partial charge < -0.3 is 4.74 Å². The molecule has 4 rings (SSSR count). The van der Waals surface area contributed by atoms with E-state index in [1.54, 1.807) is 12.3 Å². The summed E-state index contributed by atoms with van der Waals surface area (Å²) >= 11 is 1.42. The van der Waals surface area contributed by atoms with Crippen molar-refractivity contribution in [1.29, 1.82) is 0 Å². The third kappa shape index (κ3) is 2.37. The number of hydrogen-bond acceptors (Lipinski definition) is 5. The fourth-order valence-corrected chi connectivity index (χ4v) is 3.42. The van der Waals surface area contributed by atoms with Gasteiger partial charge in [-0.2, -0.15) is 9.78 Å². The van der Waals surface area contributed by atoms with Crippen molar-refractivity contribution in [2.45, 2.75) is 6.92 Å². The molecular formula is C17H13N3O2S. The van der Waals surface area contributed by atoms with E-state index in [0.29, 0.717) is 17.1 Å². The Balaban J connectivity index is 1.88. The van der Waals surface area contributed by atoms with Gasteiger partial charge in [0.15, 0.2) is 0 Å². The summed E-state index contributed by atoms with van der Waals surface area (Å²) in [4.78, 5) is 17.1. The highest BCUT2D eigenvalue weighted by Gasteiger charge is 2.11. The molecule has 0 saturated heterocycles. The molecule has 2 aromatic heterocycles. The van der Waals surface area contributed by atoms with Crippen molar-refractivity contribution in [2.24, 2.45) is 0 Å². The summed E-state index contributed by atoms with van der Waals surface area (Å²) in [6, 6.07) is 13.1. The Labute approximate surface area is 135 Å². The van der Waals surface area contributed by atoms with Gasteiger partial charge in [-0.05, 0) is 31.2 Å². The first kappa shape index (κ1) is 13.9. The van der Waals surface area contributed by atoms with Crippen LogP contribution in [0.25, 0.3) is 26.1 Å². The summed E-state index contributed by atoms with van der Waals surface area (Å²) in [5.41, 5.74) is 0.669. The van der Waals surface area contributed by atoms with E-state index in [4.69, 9.17) is 4.74 Å². The van der Waals surface area contributed by atoms with Gasteiger partial charge in [0.05, 0.1) is 28.4 Å². The zero-order valence-corrected chi connectivity index (χ0v) is 13.2. The van der Waals surface area contributed by atoms with E-state index in [-0.39, 0.29) is 5.56 Å². The standard InChI is InChI=1S/C17H13N3O2S/c1-2-22-12-7-8-14-15(9-12)23-17(19-14)20-16(21)13-6-4-3-5-11(13)10-18-20/h3-10H,2H2,1H3. The van der Waals surface area contributed by atoms with Crippen LogP contribution in [0.3, 0.4) is 0 Å². The predicted molar refractivity (Wildman–Crippen MR) is 91.7 cm³/mol. The Bertz CT molecular complexity index is 1070. The first-order chi connectivity index (χ1) is 11.3. The van der Waals surface area contributed by atoms with Gasteiger partial charge in [0.1, 0.15) is 5.75 Å².